The summed E-state index contributed by atoms with van der Waals surface area (Å²) < 4.78 is 0. The van der Waals surface area contributed by atoms with E-state index in [9.17, 15) is 0 Å². The van der Waals surface area contributed by atoms with Gasteiger partial charge in [0.1, 0.15) is 0 Å². The lowest BCUT2D eigenvalue weighted by Gasteiger charge is -1.89. The van der Waals surface area contributed by atoms with Crippen molar-refractivity contribution in [3.05, 3.63) is 30.1 Å². The molecule has 0 aliphatic carbocycles. The average Bonchev–Trinajstić information content (AvgIpc) is 1.90. The number of pyridine rings is 1. The molecule has 0 bridgehead atoms. The maximum Gasteiger partial charge on any atom is 0.0270 e. The lowest BCUT2D eigenvalue weighted by Crippen LogP contribution is -1.74. The molecule has 1 nitrogen and oxygen atoms in total. The van der Waals surface area contributed by atoms with Crippen LogP contribution in [-0.2, 0) is 6.16 Å². The predicted molar refractivity (Wildman–Crippen MR) is 60.3 cm³/mol. The predicted octanol–water partition coefficient (Wildman–Crippen LogP) is 2.50. The monoisotopic (exact) mass is 289 g/mol. The highest BCUT2D eigenvalue weighted by atomic mass is 127. The van der Waals surface area contributed by atoms with Crippen LogP contribution in [0.4, 0.5) is 0 Å². The SMILES string of the molecule is Cl.I.PCc1ccncc1. The lowest BCUT2D eigenvalue weighted by molar-refractivity contribution is 1.27. The summed E-state index contributed by atoms with van der Waals surface area (Å²) in [5.74, 6) is 0. The fourth-order valence-corrected chi connectivity index (χ4v) is 0.791. The summed E-state index contributed by atoms with van der Waals surface area (Å²) in [4.78, 5) is 3.88. The van der Waals surface area contributed by atoms with Crippen molar-refractivity contribution in [2.24, 2.45) is 0 Å². The van der Waals surface area contributed by atoms with Crippen LogP contribution in [0.5, 0.6) is 0 Å². The van der Waals surface area contributed by atoms with E-state index in [2.05, 4.69) is 14.2 Å². The summed E-state index contributed by atoms with van der Waals surface area (Å²) in [7, 11) is 2.67. The molecule has 0 amide bonds. The van der Waals surface area contributed by atoms with Crippen molar-refractivity contribution < 1.29 is 0 Å². The van der Waals surface area contributed by atoms with E-state index in [1.807, 2.05) is 12.1 Å². The summed E-state index contributed by atoms with van der Waals surface area (Å²) in [6.07, 6.45) is 4.63. The number of hydrogen-bond donors (Lipinski definition) is 0. The smallest absolute Gasteiger partial charge is 0.0270 e. The van der Waals surface area contributed by atoms with Crippen LogP contribution in [0.2, 0.25) is 0 Å². The minimum absolute atomic E-state index is 0. The summed E-state index contributed by atoms with van der Waals surface area (Å²) in [5, 5.41) is 0. The van der Waals surface area contributed by atoms with Gasteiger partial charge in [0.05, 0.1) is 0 Å². The van der Waals surface area contributed by atoms with Crippen LogP contribution in [0, 0.1) is 0 Å². The summed E-state index contributed by atoms with van der Waals surface area (Å²) in [6.45, 7) is 0. The van der Waals surface area contributed by atoms with E-state index in [1.54, 1.807) is 12.4 Å². The fourth-order valence-electron chi connectivity index (χ4n) is 0.519. The Morgan fingerprint density at radius 1 is 1.30 bits per heavy atom. The fraction of sp³-hybridized carbons (Fsp3) is 0.167. The molecular weight excluding hydrogens is 279 g/mol. The first-order valence-electron chi connectivity index (χ1n) is 2.52. The molecular formula is C6H10ClINP. The molecule has 1 unspecified atom stereocenters. The van der Waals surface area contributed by atoms with Gasteiger partial charge in [0, 0.05) is 12.4 Å². The number of halogens is 2. The van der Waals surface area contributed by atoms with Gasteiger partial charge in [-0.25, -0.2) is 0 Å². The normalized spacial score (nSPS) is 7.30. The molecule has 10 heavy (non-hydrogen) atoms. The number of hydrogen-bond acceptors (Lipinski definition) is 1. The first kappa shape index (κ1) is 13.2. The summed E-state index contributed by atoms with van der Waals surface area (Å²) in [6, 6.07) is 4.01. The Morgan fingerprint density at radius 3 is 2.10 bits per heavy atom. The largest absolute Gasteiger partial charge is 0.265 e. The van der Waals surface area contributed by atoms with E-state index in [0.29, 0.717) is 0 Å². The molecule has 0 aromatic carbocycles. The van der Waals surface area contributed by atoms with Gasteiger partial charge in [0.2, 0.25) is 0 Å². The second-order valence-electron chi connectivity index (χ2n) is 1.56. The molecule has 4 heteroatoms. The summed E-state index contributed by atoms with van der Waals surface area (Å²) >= 11 is 0. The Labute approximate surface area is 86.6 Å². The van der Waals surface area contributed by atoms with Crippen LogP contribution in [0.1, 0.15) is 5.56 Å². The Morgan fingerprint density at radius 2 is 1.80 bits per heavy atom. The molecule has 1 rings (SSSR count). The van der Waals surface area contributed by atoms with Gasteiger partial charge in [-0.05, 0) is 23.9 Å². The van der Waals surface area contributed by atoms with E-state index in [-0.39, 0.29) is 36.4 Å². The summed E-state index contributed by atoms with van der Waals surface area (Å²) in [5.41, 5.74) is 1.31. The zero-order valence-corrected chi connectivity index (χ0v) is 9.66. The van der Waals surface area contributed by atoms with Crippen molar-refractivity contribution in [1.29, 1.82) is 0 Å². The molecule has 0 spiro atoms. The van der Waals surface area contributed by atoms with Gasteiger partial charge in [-0.15, -0.1) is 45.6 Å². The quantitative estimate of drug-likeness (QED) is 0.572. The molecule has 0 radical (unpaired) electrons. The molecule has 58 valence electrons. The van der Waals surface area contributed by atoms with Crippen molar-refractivity contribution in [3.8, 4) is 0 Å². The maximum absolute atomic E-state index is 3.88. The highest BCUT2D eigenvalue weighted by Gasteiger charge is 1.80. The van der Waals surface area contributed by atoms with E-state index in [0.717, 1.165) is 6.16 Å². The number of rotatable bonds is 1. The Hall–Kier alpha value is 0.600. The Kier molecular flexibility index (Phi) is 10.2. The topological polar surface area (TPSA) is 12.9 Å². The molecule has 0 saturated heterocycles. The number of aromatic nitrogens is 1. The second kappa shape index (κ2) is 7.70. The highest BCUT2D eigenvalue weighted by Crippen LogP contribution is 2.00. The van der Waals surface area contributed by atoms with Crippen LogP contribution in [-0.4, -0.2) is 4.98 Å². The molecule has 0 saturated carbocycles. The first-order valence-corrected chi connectivity index (χ1v) is 3.34. The molecule has 0 aliphatic rings. The molecule has 1 aromatic rings. The molecule has 1 aromatic heterocycles. The van der Waals surface area contributed by atoms with E-state index in [1.165, 1.54) is 5.56 Å². The third-order valence-corrected chi connectivity index (χ3v) is 1.46. The molecule has 0 aliphatic heterocycles. The Balaban J connectivity index is 0. The first-order chi connectivity index (χ1) is 3.93. The third kappa shape index (κ3) is 4.42. The standard InChI is InChI=1S/C6H8NP.ClH.HI/c8-5-6-1-3-7-4-2-6;;/h1-4H,5,8H2;2*1H. The molecule has 1 heterocycles. The van der Waals surface area contributed by atoms with Gasteiger partial charge in [-0.2, -0.15) is 0 Å². The minimum Gasteiger partial charge on any atom is -0.265 e. The highest BCUT2D eigenvalue weighted by molar-refractivity contribution is 14.0. The van der Waals surface area contributed by atoms with Crippen molar-refractivity contribution in [3.63, 3.8) is 0 Å². The number of nitrogens with zero attached hydrogens (tertiary/aromatic N) is 1. The third-order valence-electron chi connectivity index (χ3n) is 0.985. The molecule has 0 N–H and O–H groups in total. The van der Waals surface area contributed by atoms with Crippen molar-refractivity contribution in [2.45, 2.75) is 6.16 Å². The lowest BCUT2D eigenvalue weighted by atomic mass is 10.3. The Bertz CT molecular complexity index is 159. The van der Waals surface area contributed by atoms with Crippen molar-refractivity contribution in [1.82, 2.24) is 4.98 Å². The van der Waals surface area contributed by atoms with Crippen LogP contribution in [0.3, 0.4) is 0 Å². The van der Waals surface area contributed by atoms with Gasteiger partial charge >= 0.3 is 0 Å². The van der Waals surface area contributed by atoms with Crippen LogP contribution in [0.15, 0.2) is 24.5 Å². The second-order valence-corrected chi connectivity index (χ2v) is 1.97. The van der Waals surface area contributed by atoms with E-state index >= 15 is 0 Å². The average molecular weight is 289 g/mol. The van der Waals surface area contributed by atoms with Gasteiger partial charge < -0.3 is 0 Å². The molecule has 0 fully saturated rings. The van der Waals surface area contributed by atoms with Crippen molar-refractivity contribution in [2.75, 3.05) is 0 Å². The van der Waals surface area contributed by atoms with Gasteiger partial charge in [0.25, 0.3) is 0 Å². The maximum atomic E-state index is 3.88. The zero-order chi connectivity index (χ0) is 5.82. The van der Waals surface area contributed by atoms with E-state index < -0.39 is 0 Å². The van der Waals surface area contributed by atoms with Crippen LogP contribution >= 0.6 is 45.6 Å². The van der Waals surface area contributed by atoms with Crippen LogP contribution in [0.25, 0.3) is 0 Å². The molecule has 1 atom stereocenters. The minimum atomic E-state index is 0. The van der Waals surface area contributed by atoms with Gasteiger partial charge in [-0.1, -0.05) is 0 Å². The van der Waals surface area contributed by atoms with Crippen LogP contribution < -0.4 is 0 Å². The van der Waals surface area contributed by atoms with E-state index in [4.69, 9.17) is 0 Å². The van der Waals surface area contributed by atoms with Gasteiger partial charge in [0.15, 0.2) is 0 Å². The van der Waals surface area contributed by atoms with Gasteiger partial charge in [-0.3, -0.25) is 4.98 Å². The van der Waals surface area contributed by atoms with Crippen molar-refractivity contribution >= 4 is 45.6 Å². The zero-order valence-electron chi connectivity index (χ0n) is 5.36.